The summed E-state index contributed by atoms with van der Waals surface area (Å²) in [7, 11) is 0. The van der Waals surface area contributed by atoms with Gasteiger partial charge in [-0.2, -0.15) is 39.5 Å². The molecule has 54 heavy (non-hydrogen) atoms. The molecule has 0 fully saturated rings. The standard InChI is InChI=1S/C42H44F9NO2/c1-5-25(4)26(6-2)21-52-22-34-32(27-15-24(3)16-29(17-27)40(43,44)45)9-11-36-38(34)39-35(23-52)33(10-12-37(39)54-14-8-7-13-53-36)28-18-30(41(46,47)48)20-31(19-28)42(49,50)51/h9-12,15-18,20,25-26,31H,5-8,13-14,19,21-23H2,1-4H3/p+1. The Bertz CT molecular complexity index is 1920. The topological polar surface area (TPSA) is 22.9 Å². The van der Waals surface area contributed by atoms with Gasteiger partial charge in [0.1, 0.15) is 24.6 Å². The van der Waals surface area contributed by atoms with E-state index < -0.39 is 42.0 Å². The van der Waals surface area contributed by atoms with Crippen molar-refractivity contribution in [1.82, 2.24) is 0 Å². The summed E-state index contributed by atoms with van der Waals surface area (Å²) in [6.45, 7) is 9.67. The van der Waals surface area contributed by atoms with Crippen LogP contribution in [0.5, 0.6) is 11.5 Å². The molecule has 0 saturated heterocycles. The highest BCUT2D eigenvalue weighted by molar-refractivity contribution is 5.90. The fourth-order valence-electron chi connectivity index (χ4n) is 8.19. The van der Waals surface area contributed by atoms with E-state index in [0.717, 1.165) is 36.0 Å². The second kappa shape index (κ2) is 15.3. The third-order valence-corrected chi connectivity index (χ3v) is 11.2. The molecule has 3 aliphatic rings. The number of allylic oxidation sites excluding steroid dienone is 4. The van der Waals surface area contributed by atoms with E-state index in [1.807, 2.05) is 0 Å². The Labute approximate surface area is 309 Å². The number of aryl methyl sites for hydroxylation is 1. The number of quaternary nitrogens is 1. The van der Waals surface area contributed by atoms with Crippen molar-refractivity contribution in [2.45, 2.75) is 91.4 Å². The lowest BCUT2D eigenvalue weighted by Crippen LogP contribution is -3.10. The first-order valence-electron chi connectivity index (χ1n) is 18.6. The third-order valence-electron chi connectivity index (χ3n) is 11.2. The van der Waals surface area contributed by atoms with Crippen molar-refractivity contribution in [2.75, 3.05) is 19.8 Å². The molecule has 3 aromatic carbocycles. The molecule has 0 saturated carbocycles. The van der Waals surface area contributed by atoms with Gasteiger partial charge in [0.25, 0.3) is 0 Å². The molecular formula is C42H45F9NO2+. The van der Waals surface area contributed by atoms with Crippen molar-refractivity contribution in [3.63, 3.8) is 0 Å². The second-order valence-electron chi connectivity index (χ2n) is 14.9. The van der Waals surface area contributed by atoms with Crippen LogP contribution in [0.15, 0.2) is 60.2 Å². The minimum Gasteiger partial charge on any atom is -0.493 e. The average Bonchev–Trinajstić information content (AvgIpc) is 3.27. The molecule has 3 aromatic rings. The predicted octanol–water partition coefficient (Wildman–Crippen LogP) is 11.3. The number of rotatable bonds is 7. The molecule has 0 spiro atoms. The fourth-order valence-corrected chi connectivity index (χ4v) is 8.19. The van der Waals surface area contributed by atoms with Crippen LogP contribution in [0, 0.1) is 24.7 Å². The minimum atomic E-state index is -5.01. The van der Waals surface area contributed by atoms with Crippen LogP contribution in [-0.4, -0.2) is 32.1 Å². The predicted molar refractivity (Wildman–Crippen MR) is 190 cm³/mol. The first-order chi connectivity index (χ1) is 25.4. The molecular weight excluding hydrogens is 721 g/mol. The van der Waals surface area contributed by atoms with E-state index in [-0.39, 0.29) is 36.3 Å². The summed E-state index contributed by atoms with van der Waals surface area (Å²) in [5, 5.41) is 0. The van der Waals surface area contributed by atoms with Crippen LogP contribution in [0.3, 0.4) is 0 Å². The molecule has 2 aliphatic heterocycles. The summed E-state index contributed by atoms with van der Waals surface area (Å²) in [6.07, 6.45) is -11.1. The fraction of sp³-hybridized carbons (Fsp3) is 0.476. The monoisotopic (exact) mass is 766 g/mol. The molecule has 12 heteroatoms. The third kappa shape index (κ3) is 8.33. The molecule has 292 valence electrons. The van der Waals surface area contributed by atoms with Crippen molar-refractivity contribution in [3.8, 4) is 33.8 Å². The van der Waals surface area contributed by atoms with Gasteiger partial charge in [-0.05, 0) is 96.7 Å². The maximum Gasteiger partial charge on any atom is 0.416 e. The SMILES string of the molecule is CCC(C)C(CC)C[NH+]1Cc2c(C3=CC(C(F)(F)F)=CC(C(F)(F)F)C3)ccc3c2-c2c(ccc(-c4cc(C)cc(C(F)(F)F)c4)c2C1)OCCCCO3. The van der Waals surface area contributed by atoms with Crippen molar-refractivity contribution >= 4 is 5.57 Å². The molecule has 6 rings (SSSR count). The normalized spacial score (nSPS) is 20.4. The van der Waals surface area contributed by atoms with E-state index in [9.17, 15) is 39.5 Å². The van der Waals surface area contributed by atoms with Crippen molar-refractivity contribution in [1.29, 1.82) is 0 Å². The highest BCUT2D eigenvalue weighted by atomic mass is 19.4. The number of halogens is 9. The van der Waals surface area contributed by atoms with Crippen LogP contribution < -0.4 is 14.4 Å². The van der Waals surface area contributed by atoms with E-state index in [1.54, 1.807) is 37.3 Å². The number of ether oxygens (including phenoxy) is 2. The Kier molecular flexibility index (Phi) is 11.3. The Morgan fingerprint density at radius 3 is 1.89 bits per heavy atom. The van der Waals surface area contributed by atoms with Gasteiger partial charge in [0.2, 0.25) is 0 Å². The minimum absolute atomic E-state index is 0.0917. The van der Waals surface area contributed by atoms with E-state index in [2.05, 4.69) is 20.8 Å². The lowest BCUT2D eigenvalue weighted by molar-refractivity contribution is -0.931. The van der Waals surface area contributed by atoms with Crippen LogP contribution in [0.1, 0.15) is 80.7 Å². The number of nitrogens with one attached hydrogen (secondary N) is 1. The Hall–Kier alpha value is -3.93. The summed E-state index contributed by atoms with van der Waals surface area (Å²) in [4.78, 5) is 0.980. The van der Waals surface area contributed by atoms with Crippen LogP contribution in [0.4, 0.5) is 39.5 Å². The van der Waals surface area contributed by atoms with Crippen LogP contribution in [0.25, 0.3) is 27.8 Å². The molecule has 0 bridgehead atoms. The second-order valence-corrected chi connectivity index (χ2v) is 14.9. The lowest BCUT2D eigenvalue weighted by atomic mass is 9.81. The van der Waals surface area contributed by atoms with Gasteiger partial charge >= 0.3 is 18.5 Å². The average molecular weight is 767 g/mol. The molecule has 0 aromatic heterocycles. The molecule has 2 heterocycles. The first kappa shape index (κ1) is 39.8. The zero-order valence-corrected chi connectivity index (χ0v) is 30.7. The highest BCUT2D eigenvalue weighted by Crippen LogP contribution is 2.50. The summed E-state index contributed by atoms with van der Waals surface area (Å²) >= 11 is 0. The van der Waals surface area contributed by atoms with Gasteiger partial charge in [-0.15, -0.1) is 0 Å². The van der Waals surface area contributed by atoms with Gasteiger partial charge in [0, 0.05) is 28.2 Å². The van der Waals surface area contributed by atoms with E-state index in [4.69, 9.17) is 9.47 Å². The summed E-state index contributed by atoms with van der Waals surface area (Å²) < 4.78 is 141. The van der Waals surface area contributed by atoms with Gasteiger partial charge in [-0.1, -0.05) is 51.5 Å². The molecule has 1 aliphatic carbocycles. The molecule has 4 atom stereocenters. The summed E-state index contributed by atoms with van der Waals surface area (Å²) in [5.74, 6) is -1.01. The van der Waals surface area contributed by atoms with Crippen molar-refractivity contribution in [3.05, 3.63) is 88.0 Å². The molecule has 0 amide bonds. The van der Waals surface area contributed by atoms with Crippen LogP contribution in [0.2, 0.25) is 0 Å². The van der Waals surface area contributed by atoms with Crippen molar-refractivity contribution < 1.29 is 53.9 Å². The summed E-state index contributed by atoms with van der Waals surface area (Å²) in [6, 6.07) is 10.5. The Balaban J connectivity index is 1.68. The van der Waals surface area contributed by atoms with Gasteiger partial charge in [-0.3, -0.25) is 0 Å². The number of hydrogen-bond acceptors (Lipinski definition) is 2. The first-order valence-corrected chi connectivity index (χ1v) is 18.6. The molecule has 0 radical (unpaired) electrons. The molecule has 3 nitrogen and oxygen atoms in total. The van der Waals surface area contributed by atoms with E-state index >= 15 is 0 Å². The van der Waals surface area contributed by atoms with E-state index in [0.29, 0.717) is 88.9 Å². The number of alkyl halides is 9. The van der Waals surface area contributed by atoms with Gasteiger partial charge in [0.15, 0.2) is 0 Å². The maximum atomic E-state index is 14.2. The Morgan fingerprint density at radius 2 is 1.35 bits per heavy atom. The van der Waals surface area contributed by atoms with Crippen LogP contribution >= 0.6 is 0 Å². The molecule has 1 N–H and O–H groups in total. The zero-order chi connectivity index (χ0) is 39.2. The van der Waals surface area contributed by atoms with Gasteiger partial charge in [-0.25, -0.2) is 0 Å². The largest absolute Gasteiger partial charge is 0.493 e. The number of hydrogen-bond donors (Lipinski definition) is 1. The van der Waals surface area contributed by atoms with E-state index in [1.165, 1.54) is 0 Å². The smallest absolute Gasteiger partial charge is 0.416 e. The van der Waals surface area contributed by atoms with Crippen molar-refractivity contribution in [2.24, 2.45) is 17.8 Å². The lowest BCUT2D eigenvalue weighted by Gasteiger charge is -2.29. The summed E-state index contributed by atoms with van der Waals surface area (Å²) in [5.41, 5.74) is 1.54. The zero-order valence-electron chi connectivity index (χ0n) is 30.7. The highest BCUT2D eigenvalue weighted by Gasteiger charge is 2.45. The number of benzene rings is 3. The van der Waals surface area contributed by atoms with Crippen LogP contribution in [-0.2, 0) is 19.3 Å². The maximum absolute atomic E-state index is 14.2. The van der Waals surface area contributed by atoms with Gasteiger partial charge in [0.05, 0.1) is 36.8 Å². The Morgan fingerprint density at radius 1 is 0.759 bits per heavy atom. The van der Waals surface area contributed by atoms with Gasteiger partial charge < -0.3 is 14.4 Å². The quantitative estimate of drug-likeness (QED) is 0.242. The molecule has 4 unspecified atom stereocenters.